The van der Waals surface area contributed by atoms with Crippen molar-refractivity contribution in [3.63, 3.8) is 0 Å². The van der Waals surface area contributed by atoms with Crippen molar-refractivity contribution >= 4 is 23.2 Å². The van der Waals surface area contributed by atoms with Crippen LogP contribution in [0.3, 0.4) is 0 Å². The van der Waals surface area contributed by atoms with Gasteiger partial charge in [0.25, 0.3) is 0 Å². The van der Waals surface area contributed by atoms with Crippen molar-refractivity contribution < 1.29 is 9.59 Å². The molecule has 0 spiro atoms. The number of amides is 2. The molecule has 0 bridgehead atoms. The van der Waals surface area contributed by atoms with Crippen molar-refractivity contribution in [3.8, 4) is 0 Å². The van der Waals surface area contributed by atoms with Gasteiger partial charge in [-0.2, -0.15) is 0 Å². The Labute approximate surface area is 161 Å². The Morgan fingerprint density at radius 3 is 1.78 bits per heavy atom. The van der Waals surface area contributed by atoms with Crippen LogP contribution in [0.15, 0.2) is 36.4 Å². The minimum absolute atomic E-state index is 0.124. The molecule has 0 saturated heterocycles. The Hall–Kier alpha value is -2.66. The molecular weight excluding hydrogens is 338 g/mol. The molecule has 0 saturated carbocycles. The molecule has 0 aliphatic carbocycles. The molecule has 2 N–H and O–H groups in total. The summed E-state index contributed by atoms with van der Waals surface area (Å²) >= 11 is 0. The van der Waals surface area contributed by atoms with Gasteiger partial charge in [-0.1, -0.05) is 43.3 Å². The van der Waals surface area contributed by atoms with E-state index < -0.39 is 0 Å². The molecule has 0 atom stereocenters. The van der Waals surface area contributed by atoms with Crippen LogP contribution in [0.4, 0.5) is 11.4 Å². The van der Waals surface area contributed by atoms with Crippen LogP contribution in [0.25, 0.3) is 0 Å². The van der Waals surface area contributed by atoms with Crippen LogP contribution in [0.5, 0.6) is 0 Å². The van der Waals surface area contributed by atoms with E-state index in [0.717, 1.165) is 40.0 Å². The van der Waals surface area contributed by atoms with E-state index in [4.69, 9.17) is 0 Å². The van der Waals surface area contributed by atoms with Crippen molar-refractivity contribution in [1.82, 2.24) is 4.90 Å². The van der Waals surface area contributed by atoms with Crippen LogP contribution >= 0.6 is 0 Å². The SMILES string of the molecule is CCc1cccc(C)c1NC(=O)CN(C)CC(=O)Nc1c(C)cccc1C. The zero-order chi connectivity index (χ0) is 20.0. The van der Waals surface area contributed by atoms with Crippen LogP contribution in [0, 0.1) is 20.8 Å². The number of anilines is 2. The summed E-state index contributed by atoms with van der Waals surface area (Å²) in [7, 11) is 1.77. The normalized spacial score (nSPS) is 10.7. The summed E-state index contributed by atoms with van der Waals surface area (Å²) in [6.45, 7) is 8.28. The zero-order valence-electron chi connectivity index (χ0n) is 16.8. The number of nitrogens with zero attached hydrogens (tertiary/aromatic N) is 1. The molecule has 0 radical (unpaired) electrons. The Morgan fingerprint density at radius 1 is 0.815 bits per heavy atom. The molecule has 0 aliphatic heterocycles. The van der Waals surface area contributed by atoms with Gasteiger partial charge in [0.2, 0.25) is 11.8 Å². The number of aryl methyl sites for hydroxylation is 4. The lowest BCUT2D eigenvalue weighted by Gasteiger charge is -2.19. The third-order valence-corrected chi connectivity index (χ3v) is 4.58. The summed E-state index contributed by atoms with van der Waals surface area (Å²) in [6, 6.07) is 11.9. The van der Waals surface area contributed by atoms with E-state index in [1.54, 1.807) is 11.9 Å². The molecule has 0 unspecified atom stereocenters. The van der Waals surface area contributed by atoms with Gasteiger partial charge in [0.15, 0.2) is 0 Å². The number of nitrogens with one attached hydrogen (secondary N) is 2. The van der Waals surface area contributed by atoms with Crippen molar-refractivity contribution in [1.29, 1.82) is 0 Å². The van der Waals surface area contributed by atoms with Gasteiger partial charge in [-0.25, -0.2) is 0 Å². The van der Waals surface area contributed by atoms with E-state index in [1.807, 2.05) is 57.2 Å². The maximum Gasteiger partial charge on any atom is 0.238 e. The number of benzene rings is 2. The minimum atomic E-state index is -0.132. The second kappa shape index (κ2) is 9.33. The highest BCUT2D eigenvalue weighted by Gasteiger charge is 2.14. The van der Waals surface area contributed by atoms with Crippen molar-refractivity contribution in [3.05, 3.63) is 58.7 Å². The molecule has 0 heterocycles. The largest absolute Gasteiger partial charge is 0.324 e. The van der Waals surface area contributed by atoms with Crippen LogP contribution in [-0.4, -0.2) is 36.9 Å². The molecule has 2 amide bonds. The molecule has 2 rings (SSSR count). The summed E-state index contributed by atoms with van der Waals surface area (Å²) in [5.74, 6) is -0.255. The Balaban J connectivity index is 1.92. The van der Waals surface area contributed by atoms with Crippen molar-refractivity contribution in [2.75, 3.05) is 30.8 Å². The second-order valence-electron chi connectivity index (χ2n) is 7.00. The minimum Gasteiger partial charge on any atom is -0.324 e. The third kappa shape index (κ3) is 5.66. The summed E-state index contributed by atoms with van der Waals surface area (Å²) in [4.78, 5) is 26.5. The van der Waals surface area contributed by atoms with Crippen molar-refractivity contribution in [2.45, 2.75) is 34.1 Å². The summed E-state index contributed by atoms with van der Waals surface area (Å²) < 4.78 is 0. The quantitative estimate of drug-likeness (QED) is 0.785. The number of carbonyl (C=O) groups excluding carboxylic acids is 2. The molecule has 0 aliphatic rings. The van der Waals surface area contributed by atoms with Gasteiger partial charge >= 0.3 is 0 Å². The zero-order valence-corrected chi connectivity index (χ0v) is 16.8. The van der Waals surface area contributed by atoms with Crippen LogP contribution in [0.1, 0.15) is 29.2 Å². The lowest BCUT2D eigenvalue weighted by molar-refractivity contribution is -0.119. The highest BCUT2D eigenvalue weighted by atomic mass is 16.2. The highest BCUT2D eigenvalue weighted by Crippen LogP contribution is 2.21. The van der Waals surface area contributed by atoms with E-state index >= 15 is 0 Å². The Bertz CT molecular complexity index is 810. The molecule has 2 aromatic carbocycles. The second-order valence-corrected chi connectivity index (χ2v) is 7.00. The van der Waals surface area contributed by atoms with E-state index in [2.05, 4.69) is 17.6 Å². The molecule has 5 nitrogen and oxygen atoms in total. The summed E-state index contributed by atoms with van der Waals surface area (Å²) in [5.41, 5.74) is 5.91. The standard InChI is InChI=1S/C22H29N3O2/c1-6-18-12-8-11-17(4)22(18)24-20(27)14-25(5)13-19(26)23-21-15(2)9-7-10-16(21)3/h7-12H,6,13-14H2,1-5H3,(H,23,26)(H,24,27). The van der Waals surface area contributed by atoms with Gasteiger partial charge < -0.3 is 10.6 Å². The van der Waals surface area contributed by atoms with E-state index in [0.29, 0.717) is 0 Å². The van der Waals surface area contributed by atoms with Gasteiger partial charge in [-0.15, -0.1) is 0 Å². The maximum absolute atomic E-state index is 12.4. The lowest BCUT2D eigenvalue weighted by Crippen LogP contribution is -2.36. The fourth-order valence-electron chi connectivity index (χ4n) is 3.12. The molecule has 144 valence electrons. The first-order valence-corrected chi connectivity index (χ1v) is 9.24. The van der Waals surface area contributed by atoms with Gasteiger partial charge in [-0.3, -0.25) is 14.5 Å². The first-order chi connectivity index (χ1) is 12.8. The van der Waals surface area contributed by atoms with E-state index in [1.165, 1.54) is 0 Å². The molecule has 2 aromatic rings. The molecule has 0 aromatic heterocycles. The summed E-state index contributed by atoms with van der Waals surface area (Å²) in [6.07, 6.45) is 0.852. The first-order valence-electron chi connectivity index (χ1n) is 9.24. The number of rotatable bonds is 7. The van der Waals surface area contributed by atoms with Gasteiger partial charge in [0, 0.05) is 11.4 Å². The number of para-hydroxylation sites is 2. The number of hydrogen-bond acceptors (Lipinski definition) is 3. The molecule has 27 heavy (non-hydrogen) atoms. The third-order valence-electron chi connectivity index (χ3n) is 4.58. The molecule has 0 fully saturated rings. The molecular formula is C22H29N3O2. The number of hydrogen-bond donors (Lipinski definition) is 2. The first kappa shape index (κ1) is 20.6. The topological polar surface area (TPSA) is 61.4 Å². The fraction of sp³-hybridized carbons (Fsp3) is 0.364. The van der Waals surface area contributed by atoms with Gasteiger partial charge in [-0.05, 0) is 56.5 Å². The Kier molecular flexibility index (Phi) is 7.13. The average Bonchev–Trinajstić information content (AvgIpc) is 2.59. The molecule has 5 heteroatoms. The number of likely N-dealkylation sites (N-methyl/N-ethyl adjacent to an activating group) is 1. The smallest absolute Gasteiger partial charge is 0.238 e. The van der Waals surface area contributed by atoms with Crippen molar-refractivity contribution in [2.24, 2.45) is 0 Å². The predicted molar refractivity (Wildman–Crippen MR) is 111 cm³/mol. The van der Waals surface area contributed by atoms with E-state index in [-0.39, 0.29) is 24.9 Å². The average molecular weight is 367 g/mol. The monoisotopic (exact) mass is 367 g/mol. The van der Waals surface area contributed by atoms with E-state index in [9.17, 15) is 9.59 Å². The van der Waals surface area contributed by atoms with Crippen LogP contribution in [0.2, 0.25) is 0 Å². The van der Waals surface area contributed by atoms with Gasteiger partial charge in [0.05, 0.1) is 13.1 Å². The lowest BCUT2D eigenvalue weighted by atomic mass is 10.1. The predicted octanol–water partition coefficient (Wildman–Crippen LogP) is 3.68. The van der Waals surface area contributed by atoms with Gasteiger partial charge in [0.1, 0.15) is 0 Å². The maximum atomic E-state index is 12.4. The summed E-state index contributed by atoms with van der Waals surface area (Å²) in [5, 5.41) is 5.94. The Morgan fingerprint density at radius 2 is 1.26 bits per heavy atom. The van der Waals surface area contributed by atoms with Crippen LogP contribution < -0.4 is 10.6 Å². The fourth-order valence-corrected chi connectivity index (χ4v) is 3.12. The number of carbonyl (C=O) groups is 2. The van der Waals surface area contributed by atoms with Crippen LogP contribution in [-0.2, 0) is 16.0 Å². The highest BCUT2D eigenvalue weighted by molar-refractivity contribution is 5.96.